The van der Waals surface area contributed by atoms with E-state index < -0.39 is 10.0 Å². The van der Waals surface area contributed by atoms with E-state index in [9.17, 15) is 8.42 Å². The molecule has 2 N–H and O–H groups in total. The standard InChI is InChI=1S/C25H33N5O2S2/c1-5-13-30(14-6-2)34(31,32)22-11-12-24-23(16-22)20(18-29(24)7-3)17-26-28-25(33)27-21-10-8-9-19(4)15-21/h8-12,15-18H,5-7,13-14H2,1-4H3,(H2,27,28,33)/b26-17+. The number of fused-ring (bicyclic) bond motifs is 1. The summed E-state index contributed by atoms with van der Waals surface area (Å²) in [4.78, 5) is 0.301. The second kappa shape index (κ2) is 11.6. The van der Waals surface area contributed by atoms with Crippen LogP contribution in [0.1, 0.15) is 44.7 Å². The summed E-state index contributed by atoms with van der Waals surface area (Å²) in [5, 5.41) is 8.60. The Morgan fingerprint density at radius 3 is 2.50 bits per heavy atom. The van der Waals surface area contributed by atoms with Crippen LogP contribution in [0.5, 0.6) is 0 Å². The van der Waals surface area contributed by atoms with Gasteiger partial charge >= 0.3 is 0 Å². The van der Waals surface area contributed by atoms with Gasteiger partial charge in [-0.25, -0.2) is 8.42 Å². The summed E-state index contributed by atoms with van der Waals surface area (Å²) in [5.41, 5.74) is 6.63. The highest BCUT2D eigenvalue weighted by Gasteiger charge is 2.24. The number of anilines is 1. The number of nitrogens with one attached hydrogen (secondary N) is 2. The Hall–Kier alpha value is -2.75. The molecule has 0 aliphatic heterocycles. The molecule has 0 aliphatic rings. The molecule has 0 fully saturated rings. The normalized spacial score (nSPS) is 12.0. The van der Waals surface area contributed by atoms with Crippen LogP contribution in [0, 0.1) is 6.92 Å². The lowest BCUT2D eigenvalue weighted by atomic mass is 10.2. The Labute approximate surface area is 207 Å². The van der Waals surface area contributed by atoms with Gasteiger partial charge in [0.25, 0.3) is 0 Å². The number of aromatic nitrogens is 1. The van der Waals surface area contributed by atoms with E-state index >= 15 is 0 Å². The Bertz CT molecular complexity index is 1280. The van der Waals surface area contributed by atoms with Gasteiger partial charge in [0.2, 0.25) is 10.0 Å². The van der Waals surface area contributed by atoms with E-state index in [1.54, 1.807) is 22.7 Å². The zero-order valence-electron chi connectivity index (χ0n) is 20.2. The first-order valence-corrected chi connectivity index (χ1v) is 13.4. The third-order valence-electron chi connectivity index (χ3n) is 5.45. The fourth-order valence-electron chi connectivity index (χ4n) is 3.87. The molecule has 1 aromatic heterocycles. The number of thiocarbonyl (C=S) groups is 1. The summed E-state index contributed by atoms with van der Waals surface area (Å²) < 4.78 is 30.2. The lowest BCUT2D eigenvalue weighted by molar-refractivity contribution is 0.410. The summed E-state index contributed by atoms with van der Waals surface area (Å²) >= 11 is 5.34. The van der Waals surface area contributed by atoms with E-state index in [1.807, 2.05) is 64.2 Å². The van der Waals surface area contributed by atoms with E-state index in [4.69, 9.17) is 12.2 Å². The van der Waals surface area contributed by atoms with Gasteiger partial charge in [-0.3, -0.25) is 5.43 Å². The molecule has 1 heterocycles. The summed E-state index contributed by atoms with van der Waals surface area (Å²) in [7, 11) is -3.57. The van der Waals surface area contributed by atoms with Crippen molar-refractivity contribution in [1.82, 2.24) is 14.3 Å². The van der Waals surface area contributed by atoms with Crippen molar-refractivity contribution in [2.45, 2.75) is 52.0 Å². The summed E-state index contributed by atoms with van der Waals surface area (Å²) in [5.74, 6) is 0. The maximum Gasteiger partial charge on any atom is 0.243 e. The smallest absolute Gasteiger partial charge is 0.243 e. The van der Waals surface area contributed by atoms with E-state index in [-0.39, 0.29) is 0 Å². The summed E-state index contributed by atoms with van der Waals surface area (Å²) in [6.07, 6.45) is 5.19. The molecule has 34 heavy (non-hydrogen) atoms. The largest absolute Gasteiger partial charge is 0.347 e. The van der Waals surface area contributed by atoms with Crippen molar-refractivity contribution in [3.8, 4) is 0 Å². The molecule has 0 atom stereocenters. The topological polar surface area (TPSA) is 78.7 Å². The first-order chi connectivity index (χ1) is 16.3. The van der Waals surface area contributed by atoms with Crippen molar-refractivity contribution in [3.05, 3.63) is 59.8 Å². The molecule has 0 saturated carbocycles. The van der Waals surface area contributed by atoms with Gasteiger partial charge in [-0.2, -0.15) is 9.41 Å². The highest BCUT2D eigenvalue weighted by molar-refractivity contribution is 7.89. The molecule has 0 saturated heterocycles. The molecule has 0 radical (unpaired) electrons. The fraction of sp³-hybridized carbons (Fsp3) is 0.360. The van der Waals surface area contributed by atoms with Crippen molar-refractivity contribution < 1.29 is 8.42 Å². The van der Waals surface area contributed by atoms with Crippen LogP contribution in [0.15, 0.2) is 58.7 Å². The minimum absolute atomic E-state index is 0.301. The third kappa shape index (κ3) is 6.02. The molecule has 2 aromatic carbocycles. The van der Waals surface area contributed by atoms with Crippen LogP contribution in [0.3, 0.4) is 0 Å². The van der Waals surface area contributed by atoms with Crippen LogP contribution in [-0.2, 0) is 16.6 Å². The molecule has 3 rings (SSSR count). The Kier molecular flexibility index (Phi) is 8.82. The van der Waals surface area contributed by atoms with E-state index in [2.05, 4.69) is 20.4 Å². The van der Waals surface area contributed by atoms with E-state index in [1.165, 1.54) is 0 Å². The number of nitrogens with zero attached hydrogens (tertiary/aromatic N) is 3. The number of rotatable bonds is 10. The number of hydrogen-bond acceptors (Lipinski definition) is 4. The van der Waals surface area contributed by atoms with Gasteiger partial charge in [-0.1, -0.05) is 26.0 Å². The van der Waals surface area contributed by atoms with Crippen LogP contribution < -0.4 is 10.7 Å². The predicted molar refractivity (Wildman–Crippen MR) is 145 cm³/mol. The summed E-state index contributed by atoms with van der Waals surface area (Å²) in [6, 6.07) is 13.2. The number of aryl methyl sites for hydroxylation is 2. The van der Waals surface area contributed by atoms with Crippen molar-refractivity contribution in [1.29, 1.82) is 0 Å². The quantitative estimate of drug-likeness (QED) is 0.230. The Balaban J connectivity index is 1.86. The number of sulfonamides is 1. The number of hydrazone groups is 1. The molecule has 7 nitrogen and oxygen atoms in total. The number of benzene rings is 2. The molecular weight excluding hydrogens is 466 g/mol. The SMILES string of the molecule is CCCN(CCC)S(=O)(=O)c1ccc2c(c1)c(/C=N/NC(=S)Nc1cccc(C)c1)cn2CC. The first-order valence-electron chi connectivity index (χ1n) is 11.6. The van der Waals surface area contributed by atoms with Gasteiger partial charge in [-0.15, -0.1) is 0 Å². The maximum atomic E-state index is 13.3. The predicted octanol–water partition coefficient (Wildman–Crippen LogP) is 5.10. The molecule has 182 valence electrons. The number of hydrogen-bond donors (Lipinski definition) is 2. The molecule has 9 heteroatoms. The average molecular weight is 500 g/mol. The first kappa shape index (κ1) is 25.9. The Morgan fingerprint density at radius 2 is 1.85 bits per heavy atom. The second-order valence-electron chi connectivity index (χ2n) is 8.15. The fourth-order valence-corrected chi connectivity index (χ4v) is 5.69. The molecular formula is C25H33N5O2S2. The molecule has 0 spiro atoms. The Morgan fingerprint density at radius 1 is 1.12 bits per heavy atom. The van der Waals surface area contributed by atoms with Gasteiger partial charge in [0.05, 0.1) is 11.1 Å². The van der Waals surface area contributed by atoms with Gasteiger partial charge < -0.3 is 9.88 Å². The van der Waals surface area contributed by atoms with E-state index in [0.717, 1.165) is 47.1 Å². The average Bonchev–Trinajstić information content (AvgIpc) is 3.16. The van der Waals surface area contributed by atoms with Crippen LogP contribution in [0.2, 0.25) is 0 Å². The lowest BCUT2D eigenvalue weighted by Gasteiger charge is -2.21. The minimum atomic E-state index is -3.57. The van der Waals surface area contributed by atoms with Crippen LogP contribution in [0.25, 0.3) is 10.9 Å². The third-order valence-corrected chi connectivity index (χ3v) is 7.54. The lowest BCUT2D eigenvalue weighted by Crippen LogP contribution is -2.32. The second-order valence-corrected chi connectivity index (χ2v) is 10.5. The van der Waals surface area contributed by atoms with Gasteiger partial charge in [0.15, 0.2) is 5.11 Å². The summed E-state index contributed by atoms with van der Waals surface area (Å²) in [6.45, 7) is 9.82. The molecule has 0 amide bonds. The van der Waals surface area contributed by atoms with Crippen LogP contribution >= 0.6 is 12.2 Å². The highest BCUT2D eigenvalue weighted by atomic mass is 32.2. The molecule has 0 aliphatic carbocycles. The van der Waals surface area contributed by atoms with Crippen LogP contribution in [-0.4, -0.2) is 41.7 Å². The molecule has 0 bridgehead atoms. The molecule has 0 unspecified atom stereocenters. The van der Waals surface area contributed by atoms with E-state index in [0.29, 0.717) is 23.1 Å². The zero-order valence-corrected chi connectivity index (χ0v) is 21.8. The van der Waals surface area contributed by atoms with Crippen LogP contribution in [0.4, 0.5) is 5.69 Å². The van der Waals surface area contributed by atoms with Gasteiger partial charge in [0, 0.05) is 48.0 Å². The van der Waals surface area contributed by atoms with Gasteiger partial charge in [0.1, 0.15) is 0 Å². The highest BCUT2D eigenvalue weighted by Crippen LogP contribution is 2.26. The van der Waals surface area contributed by atoms with Crippen molar-refractivity contribution in [2.24, 2.45) is 5.10 Å². The maximum absolute atomic E-state index is 13.3. The zero-order chi connectivity index (χ0) is 24.7. The monoisotopic (exact) mass is 499 g/mol. The molecule has 3 aromatic rings. The van der Waals surface area contributed by atoms with Gasteiger partial charge in [-0.05, 0) is 74.8 Å². The van der Waals surface area contributed by atoms with Crippen molar-refractivity contribution in [2.75, 3.05) is 18.4 Å². The van der Waals surface area contributed by atoms with Crippen molar-refractivity contribution >= 4 is 50.2 Å². The minimum Gasteiger partial charge on any atom is -0.347 e. The van der Waals surface area contributed by atoms with Crippen molar-refractivity contribution in [3.63, 3.8) is 0 Å².